The summed E-state index contributed by atoms with van der Waals surface area (Å²) in [7, 11) is 0. The number of para-hydroxylation sites is 1. The van der Waals surface area contributed by atoms with Crippen molar-refractivity contribution in [2.45, 2.75) is 16.4 Å². The smallest absolute Gasteiger partial charge is 0.220 e. The molecule has 112 valence electrons. The van der Waals surface area contributed by atoms with E-state index in [-0.39, 0.29) is 0 Å². The number of nitrogens with zero attached hydrogens (tertiary/aromatic N) is 5. The molecule has 0 atom stereocenters. The van der Waals surface area contributed by atoms with Gasteiger partial charge in [-0.25, -0.2) is 9.67 Å². The van der Waals surface area contributed by atoms with Crippen molar-refractivity contribution in [3.63, 3.8) is 0 Å². The van der Waals surface area contributed by atoms with Crippen molar-refractivity contribution in [1.29, 1.82) is 0 Å². The molecule has 0 saturated carbocycles. The molecule has 2 heterocycles. The fourth-order valence-electron chi connectivity index (χ4n) is 1.62. The van der Waals surface area contributed by atoms with E-state index in [1.807, 2.05) is 30.3 Å². The van der Waals surface area contributed by atoms with Crippen LogP contribution in [0.25, 0.3) is 5.69 Å². The first-order chi connectivity index (χ1) is 10.5. The van der Waals surface area contributed by atoms with Crippen molar-refractivity contribution in [2.75, 3.05) is 0 Å². The van der Waals surface area contributed by atoms with Crippen LogP contribution >= 0.6 is 11.8 Å². The lowest BCUT2D eigenvalue weighted by Crippen LogP contribution is -2.08. The first-order valence-electron chi connectivity index (χ1n) is 6.08. The Hall–Kier alpha value is -2.42. The molecule has 0 aliphatic carbocycles. The summed E-state index contributed by atoms with van der Waals surface area (Å²) in [6, 6.07) is 11.5. The Morgan fingerprint density at radius 2 is 1.73 bits per heavy atom. The van der Waals surface area contributed by atoms with Crippen LogP contribution in [0.2, 0.25) is 0 Å². The van der Waals surface area contributed by atoms with Crippen molar-refractivity contribution in [2.24, 2.45) is 0 Å². The Morgan fingerprint density at radius 3 is 2.36 bits per heavy atom. The van der Waals surface area contributed by atoms with Gasteiger partial charge < -0.3 is 0 Å². The molecular formula is C13H8F3N5S. The highest BCUT2D eigenvalue weighted by atomic mass is 32.2. The van der Waals surface area contributed by atoms with E-state index in [4.69, 9.17) is 0 Å². The summed E-state index contributed by atoms with van der Waals surface area (Å²) in [5.41, 5.74) is -0.194. The third-order valence-electron chi connectivity index (χ3n) is 2.62. The molecule has 0 N–H and O–H groups in total. The zero-order valence-corrected chi connectivity index (χ0v) is 11.7. The molecule has 0 bridgehead atoms. The number of hydrogen-bond donors (Lipinski definition) is 0. The van der Waals surface area contributed by atoms with Crippen LogP contribution in [0, 0.1) is 0 Å². The van der Waals surface area contributed by atoms with Crippen molar-refractivity contribution >= 4 is 11.8 Å². The lowest BCUT2D eigenvalue weighted by Gasteiger charge is -2.04. The second kappa shape index (κ2) is 5.76. The van der Waals surface area contributed by atoms with Gasteiger partial charge in [0.05, 0.1) is 5.69 Å². The highest BCUT2D eigenvalue weighted by Crippen LogP contribution is 2.28. The molecule has 0 spiro atoms. The minimum absolute atomic E-state index is 0.291. The Balaban J connectivity index is 1.76. The maximum absolute atomic E-state index is 12.4. The zero-order valence-electron chi connectivity index (χ0n) is 10.9. The number of hydrogen-bond acceptors (Lipinski definition) is 5. The molecule has 0 radical (unpaired) electrons. The van der Waals surface area contributed by atoms with Gasteiger partial charge in [-0.3, -0.25) is 0 Å². The highest BCUT2D eigenvalue weighted by Gasteiger charge is 2.32. The van der Waals surface area contributed by atoms with E-state index in [2.05, 4.69) is 20.3 Å². The quantitative estimate of drug-likeness (QED) is 0.741. The van der Waals surface area contributed by atoms with Crippen LogP contribution < -0.4 is 0 Å². The highest BCUT2D eigenvalue weighted by molar-refractivity contribution is 7.99. The predicted molar refractivity (Wildman–Crippen MR) is 72.5 cm³/mol. The van der Waals surface area contributed by atoms with Crippen molar-refractivity contribution in [3.05, 3.63) is 54.5 Å². The first kappa shape index (κ1) is 14.5. The lowest BCUT2D eigenvalue weighted by molar-refractivity contribution is -0.141. The maximum Gasteiger partial charge on any atom is 0.435 e. The van der Waals surface area contributed by atoms with Gasteiger partial charge >= 0.3 is 6.18 Å². The fourth-order valence-corrected chi connectivity index (χ4v) is 2.25. The summed E-state index contributed by atoms with van der Waals surface area (Å²) in [5, 5.41) is 11.6. The molecule has 9 heteroatoms. The van der Waals surface area contributed by atoms with Gasteiger partial charge in [-0.15, -0.1) is 15.3 Å². The summed E-state index contributed by atoms with van der Waals surface area (Å²) in [6.45, 7) is 0. The maximum atomic E-state index is 12.4. The molecule has 0 amide bonds. The van der Waals surface area contributed by atoms with E-state index in [1.54, 1.807) is 4.68 Å². The van der Waals surface area contributed by atoms with E-state index in [1.165, 1.54) is 12.4 Å². The molecule has 1 aromatic carbocycles. The van der Waals surface area contributed by atoms with Gasteiger partial charge in [-0.2, -0.15) is 13.2 Å². The van der Waals surface area contributed by atoms with Gasteiger partial charge in [-0.1, -0.05) is 18.2 Å². The minimum Gasteiger partial charge on any atom is -0.220 e. The standard InChI is InChI=1S/C13H8F3N5S/c14-13(15,16)10-6-7-11(19-18-10)22-12-17-8-21(20-12)9-4-2-1-3-5-9/h1-8H. The third-order valence-corrected chi connectivity index (χ3v) is 3.41. The molecule has 0 unspecified atom stereocenters. The monoisotopic (exact) mass is 323 g/mol. The van der Waals surface area contributed by atoms with E-state index in [0.29, 0.717) is 10.2 Å². The molecule has 0 saturated heterocycles. The van der Waals surface area contributed by atoms with Gasteiger partial charge in [0.2, 0.25) is 5.16 Å². The molecule has 3 rings (SSSR count). The van der Waals surface area contributed by atoms with E-state index < -0.39 is 11.9 Å². The Morgan fingerprint density at radius 1 is 0.955 bits per heavy atom. The number of rotatable bonds is 3. The Labute approximate surface area is 127 Å². The summed E-state index contributed by atoms with van der Waals surface area (Å²) in [6.07, 6.45) is -2.97. The van der Waals surface area contributed by atoms with E-state index in [0.717, 1.165) is 23.5 Å². The summed E-state index contributed by atoms with van der Waals surface area (Å²) < 4.78 is 38.8. The zero-order chi connectivity index (χ0) is 15.6. The van der Waals surface area contributed by atoms with Crippen LogP contribution in [-0.4, -0.2) is 25.0 Å². The van der Waals surface area contributed by atoms with Gasteiger partial charge in [-0.05, 0) is 36.0 Å². The third kappa shape index (κ3) is 3.25. The van der Waals surface area contributed by atoms with Crippen molar-refractivity contribution < 1.29 is 13.2 Å². The average molecular weight is 323 g/mol. The van der Waals surface area contributed by atoms with Crippen molar-refractivity contribution in [1.82, 2.24) is 25.0 Å². The molecule has 22 heavy (non-hydrogen) atoms. The number of halogens is 3. The molecule has 3 aromatic rings. The minimum atomic E-state index is -4.50. The van der Waals surface area contributed by atoms with E-state index >= 15 is 0 Å². The molecule has 0 aliphatic heterocycles. The van der Waals surface area contributed by atoms with Gasteiger partial charge in [0.15, 0.2) is 5.69 Å². The number of alkyl halides is 3. The molecule has 0 fully saturated rings. The normalized spacial score (nSPS) is 11.6. The van der Waals surface area contributed by atoms with E-state index in [9.17, 15) is 13.2 Å². The first-order valence-corrected chi connectivity index (χ1v) is 6.90. The summed E-state index contributed by atoms with van der Waals surface area (Å²) in [4.78, 5) is 4.08. The van der Waals surface area contributed by atoms with Crippen LogP contribution in [0.4, 0.5) is 13.2 Å². The van der Waals surface area contributed by atoms with Crippen LogP contribution in [0.3, 0.4) is 0 Å². The second-order valence-corrected chi connectivity index (χ2v) is 5.15. The predicted octanol–water partition coefficient (Wildman–Crippen LogP) is 3.23. The molecule has 2 aromatic heterocycles. The number of benzene rings is 1. The molecule has 5 nitrogen and oxygen atoms in total. The second-order valence-electron chi connectivity index (χ2n) is 4.16. The van der Waals surface area contributed by atoms with Gasteiger partial charge in [0.25, 0.3) is 0 Å². The average Bonchev–Trinajstić information content (AvgIpc) is 2.96. The summed E-state index contributed by atoms with van der Waals surface area (Å²) >= 11 is 1.04. The number of aromatic nitrogens is 5. The Kier molecular flexibility index (Phi) is 3.80. The van der Waals surface area contributed by atoms with Crippen LogP contribution in [0.1, 0.15) is 5.69 Å². The van der Waals surface area contributed by atoms with Crippen molar-refractivity contribution in [3.8, 4) is 5.69 Å². The van der Waals surface area contributed by atoms with Gasteiger partial charge in [0.1, 0.15) is 11.4 Å². The van der Waals surface area contributed by atoms with Crippen LogP contribution in [0.15, 0.2) is 59.0 Å². The van der Waals surface area contributed by atoms with Gasteiger partial charge in [0, 0.05) is 0 Å². The Bertz CT molecular complexity index is 755. The fraction of sp³-hybridized carbons (Fsp3) is 0.0769. The molecule has 0 aliphatic rings. The largest absolute Gasteiger partial charge is 0.435 e. The SMILES string of the molecule is FC(F)(F)c1ccc(Sc2ncn(-c3ccccc3)n2)nn1. The summed E-state index contributed by atoms with van der Waals surface area (Å²) in [5.74, 6) is 0. The topological polar surface area (TPSA) is 56.5 Å². The van der Waals surface area contributed by atoms with Crippen LogP contribution in [0.5, 0.6) is 0 Å². The van der Waals surface area contributed by atoms with Crippen LogP contribution in [-0.2, 0) is 6.18 Å². The molecular weight excluding hydrogens is 315 g/mol. The lowest BCUT2D eigenvalue weighted by atomic mass is 10.3.